The van der Waals surface area contributed by atoms with Crippen LogP contribution < -0.4 is 10.1 Å². The van der Waals surface area contributed by atoms with Crippen molar-refractivity contribution in [3.8, 4) is 17.0 Å². The molecule has 1 atom stereocenters. The molecule has 8 heteroatoms. The first kappa shape index (κ1) is 22.6. The molecule has 3 aromatic rings. The van der Waals surface area contributed by atoms with Gasteiger partial charge in [0, 0.05) is 22.6 Å². The van der Waals surface area contributed by atoms with Gasteiger partial charge in [-0.1, -0.05) is 13.0 Å². The summed E-state index contributed by atoms with van der Waals surface area (Å²) in [6.45, 7) is 3.28. The standard InChI is InChI=1S/C23H23F3N2O3/c1-4-16(12-29)27-22(30)14-5-7-18-19(10-14)28-20(11-21(18)31-3)17-8-6-15(9-13(17)2)23(24,25)26/h5-11,16,29H,4,12H2,1-3H3,(H,27,30)/t16-/m1/s1. The number of aliphatic hydroxyl groups is 1. The molecule has 0 aliphatic heterocycles. The Morgan fingerprint density at radius 1 is 1.19 bits per heavy atom. The Balaban J connectivity index is 2.07. The molecule has 0 spiro atoms. The highest BCUT2D eigenvalue weighted by atomic mass is 19.4. The van der Waals surface area contributed by atoms with Crippen LogP contribution in [0.3, 0.4) is 0 Å². The van der Waals surface area contributed by atoms with E-state index in [2.05, 4.69) is 10.3 Å². The van der Waals surface area contributed by atoms with Crippen molar-refractivity contribution >= 4 is 16.8 Å². The van der Waals surface area contributed by atoms with Crippen molar-refractivity contribution in [2.75, 3.05) is 13.7 Å². The van der Waals surface area contributed by atoms with Gasteiger partial charge in [0.25, 0.3) is 5.91 Å². The average Bonchev–Trinajstić information content (AvgIpc) is 2.75. The molecule has 164 valence electrons. The van der Waals surface area contributed by atoms with Crippen molar-refractivity contribution < 1.29 is 27.8 Å². The number of halogens is 3. The quantitative estimate of drug-likeness (QED) is 0.590. The van der Waals surface area contributed by atoms with E-state index in [9.17, 15) is 23.1 Å². The van der Waals surface area contributed by atoms with Crippen molar-refractivity contribution in [1.82, 2.24) is 10.3 Å². The molecule has 0 saturated heterocycles. The Labute approximate surface area is 177 Å². The molecule has 31 heavy (non-hydrogen) atoms. The molecule has 0 fully saturated rings. The molecule has 5 nitrogen and oxygen atoms in total. The average molecular weight is 432 g/mol. The van der Waals surface area contributed by atoms with E-state index in [1.54, 1.807) is 31.2 Å². The van der Waals surface area contributed by atoms with Gasteiger partial charge in [-0.05, 0) is 49.2 Å². The Morgan fingerprint density at radius 2 is 1.94 bits per heavy atom. The summed E-state index contributed by atoms with van der Waals surface area (Å²) < 4.78 is 44.5. The zero-order valence-electron chi connectivity index (χ0n) is 17.4. The maximum Gasteiger partial charge on any atom is 0.416 e. The predicted molar refractivity (Wildman–Crippen MR) is 112 cm³/mol. The maximum absolute atomic E-state index is 13.0. The van der Waals surface area contributed by atoms with Crippen molar-refractivity contribution in [3.63, 3.8) is 0 Å². The molecule has 1 amide bonds. The van der Waals surface area contributed by atoms with Crippen LogP contribution in [0.1, 0.15) is 34.8 Å². The molecule has 0 unspecified atom stereocenters. The van der Waals surface area contributed by atoms with Crippen molar-refractivity contribution in [1.29, 1.82) is 0 Å². The molecular weight excluding hydrogens is 409 g/mol. The van der Waals surface area contributed by atoms with Crippen molar-refractivity contribution in [2.24, 2.45) is 0 Å². The molecule has 1 aromatic heterocycles. The minimum Gasteiger partial charge on any atom is -0.496 e. The molecule has 3 rings (SSSR count). The van der Waals surface area contributed by atoms with Crippen LogP contribution in [0.15, 0.2) is 42.5 Å². The monoisotopic (exact) mass is 432 g/mol. The number of hydrogen-bond donors (Lipinski definition) is 2. The molecule has 0 bridgehead atoms. The van der Waals surface area contributed by atoms with E-state index in [1.165, 1.54) is 13.2 Å². The van der Waals surface area contributed by atoms with Crippen LogP contribution in [-0.2, 0) is 6.18 Å². The molecule has 1 heterocycles. The maximum atomic E-state index is 13.0. The number of ether oxygens (including phenoxy) is 1. The lowest BCUT2D eigenvalue weighted by Gasteiger charge is -2.15. The van der Waals surface area contributed by atoms with E-state index in [0.29, 0.717) is 45.5 Å². The lowest BCUT2D eigenvalue weighted by molar-refractivity contribution is -0.137. The minimum atomic E-state index is -4.43. The molecule has 0 saturated carbocycles. The number of pyridine rings is 1. The number of aromatic nitrogens is 1. The highest BCUT2D eigenvalue weighted by Gasteiger charge is 2.30. The first-order valence-corrected chi connectivity index (χ1v) is 9.76. The van der Waals surface area contributed by atoms with Gasteiger partial charge in [0.2, 0.25) is 0 Å². The second-order valence-corrected chi connectivity index (χ2v) is 7.23. The largest absolute Gasteiger partial charge is 0.496 e. The Morgan fingerprint density at radius 3 is 2.52 bits per heavy atom. The third-order valence-electron chi connectivity index (χ3n) is 5.13. The number of carbonyl (C=O) groups excluding carboxylic acids is 1. The third-order valence-corrected chi connectivity index (χ3v) is 5.13. The van der Waals surface area contributed by atoms with Crippen LogP contribution in [0.2, 0.25) is 0 Å². The lowest BCUT2D eigenvalue weighted by Crippen LogP contribution is -2.36. The number of fused-ring (bicyclic) bond motifs is 1. The highest BCUT2D eigenvalue weighted by Crippen LogP contribution is 2.35. The third kappa shape index (κ3) is 4.80. The number of hydrogen-bond acceptors (Lipinski definition) is 4. The summed E-state index contributed by atoms with van der Waals surface area (Å²) in [7, 11) is 1.49. The zero-order valence-corrected chi connectivity index (χ0v) is 17.4. The highest BCUT2D eigenvalue weighted by molar-refractivity contribution is 5.99. The SMILES string of the molecule is CC[C@H](CO)NC(=O)c1ccc2c(OC)cc(-c3ccc(C(F)(F)F)cc3C)nc2c1. The fourth-order valence-corrected chi connectivity index (χ4v) is 3.32. The number of nitrogens with one attached hydrogen (secondary N) is 1. The van der Waals surface area contributed by atoms with Crippen molar-refractivity contribution in [3.05, 3.63) is 59.2 Å². The van der Waals surface area contributed by atoms with Crippen LogP contribution in [0.5, 0.6) is 5.75 Å². The summed E-state index contributed by atoms with van der Waals surface area (Å²) in [5.41, 5.74) is 1.50. The topological polar surface area (TPSA) is 71.5 Å². The summed E-state index contributed by atoms with van der Waals surface area (Å²) in [6, 6.07) is 9.73. The van der Waals surface area contributed by atoms with Gasteiger partial charge < -0.3 is 15.2 Å². The van der Waals surface area contributed by atoms with Gasteiger partial charge >= 0.3 is 6.18 Å². The van der Waals surface area contributed by atoms with E-state index < -0.39 is 11.7 Å². The number of nitrogens with zero attached hydrogens (tertiary/aromatic N) is 1. The number of alkyl halides is 3. The van der Waals surface area contributed by atoms with Crippen LogP contribution in [0.4, 0.5) is 13.2 Å². The molecule has 0 radical (unpaired) electrons. The number of carbonyl (C=O) groups is 1. The number of rotatable bonds is 6. The first-order valence-electron chi connectivity index (χ1n) is 9.76. The van der Waals surface area contributed by atoms with Gasteiger partial charge in [0.15, 0.2) is 0 Å². The van der Waals surface area contributed by atoms with E-state index in [-0.39, 0.29) is 18.6 Å². The lowest BCUT2D eigenvalue weighted by atomic mass is 10.0. The fourth-order valence-electron chi connectivity index (χ4n) is 3.32. The number of aliphatic hydroxyl groups excluding tert-OH is 1. The number of benzene rings is 2. The van der Waals surface area contributed by atoms with Gasteiger partial charge in [-0.3, -0.25) is 4.79 Å². The van der Waals surface area contributed by atoms with Gasteiger partial charge in [0.1, 0.15) is 5.75 Å². The second kappa shape index (κ2) is 8.93. The van der Waals surface area contributed by atoms with Crippen LogP contribution >= 0.6 is 0 Å². The normalized spacial score (nSPS) is 12.6. The van der Waals surface area contributed by atoms with Crippen LogP contribution in [0.25, 0.3) is 22.2 Å². The summed E-state index contributed by atoms with van der Waals surface area (Å²) >= 11 is 0. The molecule has 0 aliphatic carbocycles. The first-order chi connectivity index (χ1) is 14.7. The summed E-state index contributed by atoms with van der Waals surface area (Å²) in [4.78, 5) is 17.1. The van der Waals surface area contributed by atoms with Crippen LogP contribution in [0, 0.1) is 6.92 Å². The smallest absolute Gasteiger partial charge is 0.416 e. The van der Waals surface area contributed by atoms with Crippen molar-refractivity contribution in [2.45, 2.75) is 32.5 Å². The van der Waals surface area contributed by atoms with E-state index in [0.717, 1.165) is 12.1 Å². The Bertz CT molecular complexity index is 1110. The minimum absolute atomic E-state index is 0.167. The van der Waals surface area contributed by atoms with E-state index in [4.69, 9.17) is 4.74 Å². The van der Waals surface area contributed by atoms with Gasteiger partial charge in [0.05, 0.1) is 36.5 Å². The molecular formula is C23H23F3N2O3. The summed E-state index contributed by atoms with van der Waals surface area (Å²) in [5.74, 6) is 0.146. The van der Waals surface area contributed by atoms with Gasteiger partial charge in [-0.15, -0.1) is 0 Å². The Kier molecular flexibility index (Phi) is 6.50. The van der Waals surface area contributed by atoms with Gasteiger partial charge in [-0.25, -0.2) is 4.98 Å². The van der Waals surface area contributed by atoms with E-state index in [1.807, 2.05) is 6.92 Å². The zero-order chi connectivity index (χ0) is 22.8. The fraction of sp³-hybridized carbons (Fsp3) is 0.304. The summed E-state index contributed by atoms with van der Waals surface area (Å²) in [6.07, 6.45) is -3.84. The Hall–Kier alpha value is -3.13. The number of amides is 1. The number of aryl methyl sites for hydroxylation is 1. The molecule has 2 aromatic carbocycles. The molecule has 0 aliphatic rings. The second-order valence-electron chi connectivity index (χ2n) is 7.23. The predicted octanol–water partition coefficient (Wildman–Crippen LogP) is 4.74. The van der Waals surface area contributed by atoms with E-state index >= 15 is 0 Å². The van der Waals surface area contributed by atoms with Gasteiger partial charge in [-0.2, -0.15) is 13.2 Å². The number of methoxy groups -OCH3 is 1. The van der Waals surface area contributed by atoms with Crippen LogP contribution in [-0.4, -0.2) is 35.8 Å². The molecule has 2 N–H and O–H groups in total. The summed E-state index contributed by atoms with van der Waals surface area (Å²) in [5, 5.41) is 12.7.